The van der Waals surface area contributed by atoms with Crippen molar-refractivity contribution in [1.82, 2.24) is 9.80 Å². The van der Waals surface area contributed by atoms with Crippen molar-refractivity contribution >= 4 is 11.8 Å². The van der Waals surface area contributed by atoms with E-state index in [2.05, 4.69) is 4.90 Å². The maximum atomic E-state index is 11.2. The summed E-state index contributed by atoms with van der Waals surface area (Å²) in [6.07, 6.45) is 0. The first-order valence-corrected chi connectivity index (χ1v) is 6.43. The summed E-state index contributed by atoms with van der Waals surface area (Å²) in [6, 6.07) is 7.36. The monoisotopic (exact) mass is 261 g/mol. The number of hydrogen-bond acceptors (Lipinski definition) is 3. The van der Waals surface area contributed by atoms with Crippen LogP contribution in [0.5, 0.6) is 0 Å². The Kier molecular flexibility index (Phi) is 4.16. The SMILES string of the molecule is CC(=O)N1CCN(Cc2ccc(C(N)=O)cc2)CC1. The van der Waals surface area contributed by atoms with E-state index < -0.39 is 5.91 Å². The number of hydrogen-bond donors (Lipinski definition) is 1. The Balaban J connectivity index is 1.88. The molecule has 1 saturated heterocycles. The van der Waals surface area contributed by atoms with E-state index in [1.54, 1.807) is 19.1 Å². The minimum absolute atomic E-state index is 0.144. The molecule has 2 amide bonds. The highest BCUT2D eigenvalue weighted by atomic mass is 16.2. The maximum Gasteiger partial charge on any atom is 0.248 e. The summed E-state index contributed by atoms with van der Waals surface area (Å²) in [6.45, 7) is 5.79. The van der Waals surface area contributed by atoms with Gasteiger partial charge < -0.3 is 10.6 Å². The number of carbonyl (C=O) groups excluding carboxylic acids is 2. The molecule has 0 spiro atoms. The highest BCUT2D eigenvalue weighted by Gasteiger charge is 2.18. The number of piperazine rings is 1. The topological polar surface area (TPSA) is 66.6 Å². The number of rotatable bonds is 3. The van der Waals surface area contributed by atoms with Crippen LogP contribution in [-0.4, -0.2) is 47.8 Å². The van der Waals surface area contributed by atoms with E-state index in [0.29, 0.717) is 5.56 Å². The van der Waals surface area contributed by atoms with Crippen LogP contribution in [0.3, 0.4) is 0 Å². The predicted octanol–water partition coefficient (Wildman–Crippen LogP) is 0.450. The molecule has 1 aliphatic heterocycles. The van der Waals surface area contributed by atoms with E-state index in [0.717, 1.165) is 38.3 Å². The fourth-order valence-corrected chi connectivity index (χ4v) is 2.25. The van der Waals surface area contributed by atoms with Crippen LogP contribution in [0.1, 0.15) is 22.8 Å². The third kappa shape index (κ3) is 3.54. The molecule has 0 radical (unpaired) electrons. The number of benzene rings is 1. The number of nitrogens with two attached hydrogens (primary N) is 1. The molecule has 19 heavy (non-hydrogen) atoms. The number of amides is 2. The molecule has 1 aromatic carbocycles. The van der Waals surface area contributed by atoms with Gasteiger partial charge in [-0.15, -0.1) is 0 Å². The van der Waals surface area contributed by atoms with Crippen LogP contribution in [0.25, 0.3) is 0 Å². The summed E-state index contributed by atoms with van der Waals surface area (Å²) in [5.41, 5.74) is 6.89. The van der Waals surface area contributed by atoms with Crippen LogP contribution < -0.4 is 5.73 Å². The van der Waals surface area contributed by atoms with Crippen molar-refractivity contribution in [3.05, 3.63) is 35.4 Å². The van der Waals surface area contributed by atoms with E-state index in [9.17, 15) is 9.59 Å². The first kappa shape index (κ1) is 13.5. The van der Waals surface area contributed by atoms with Gasteiger partial charge >= 0.3 is 0 Å². The van der Waals surface area contributed by atoms with Crippen molar-refractivity contribution in [2.24, 2.45) is 5.73 Å². The normalized spacial score (nSPS) is 16.4. The molecule has 0 saturated carbocycles. The average Bonchev–Trinajstić information content (AvgIpc) is 2.40. The van der Waals surface area contributed by atoms with Gasteiger partial charge in [0.1, 0.15) is 0 Å². The van der Waals surface area contributed by atoms with E-state index in [-0.39, 0.29) is 5.91 Å². The molecule has 0 unspecified atom stereocenters. The highest BCUT2D eigenvalue weighted by Crippen LogP contribution is 2.10. The molecule has 1 aliphatic rings. The van der Waals surface area contributed by atoms with E-state index >= 15 is 0 Å². The summed E-state index contributed by atoms with van der Waals surface area (Å²) in [7, 11) is 0. The van der Waals surface area contributed by atoms with Gasteiger partial charge in [-0.25, -0.2) is 0 Å². The van der Waals surface area contributed by atoms with Crippen LogP contribution in [0, 0.1) is 0 Å². The van der Waals surface area contributed by atoms with Crippen LogP contribution in [0.15, 0.2) is 24.3 Å². The van der Waals surface area contributed by atoms with Crippen LogP contribution in [-0.2, 0) is 11.3 Å². The Morgan fingerprint density at radius 3 is 2.16 bits per heavy atom. The molecule has 1 aromatic rings. The van der Waals surface area contributed by atoms with Crippen molar-refractivity contribution in [3.63, 3.8) is 0 Å². The Morgan fingerprint density at radius 2 is 1.68 bits per heavy atom. The molecule has 1 fully saturated rings. The molecule has 0 aromatic heterocycles. The quantitative estimate of drug-likeness (QED) is 0.859. The number of carbonyl (C=O) groups is 2. The molecule has 2 N–H and O–H groups in total. The van der Waals surface area contributed by atoms with E-state index in [1.807, 2.05) is 17.0 Å². The molecule has 0 aliphatic carbocycles. The minimum atomic E-state index is -0.401. The Morgan fingerprint density at radius 1 is 1.11 bits per heavy atom. The van der Waals surface area contributed by atoms with Gasteiger partial charge in [0.05, 0.1) is 0 Å². The van der Waals surface area contributed by atoms with Gasteiger partial charge in [-0.05, 0) is 17.7 Å². The van der Waals surface area contributed by atoms with Crippen molar-refractivity contribution in [1.29, 1.82) is 0 Å². The largest absolute Gasteiger partial charge is 0.366 e. The molecular weight excluding hydrogens is 242 g/mol. The lowest BCUT2D eigenvalue weighted by molar-refractivity contribution is -0.130. The number of nitrogens with zero attached hydrogens (tertiary/aromatic N) is 2. The van der Waals surface area contributed by atoms with Crippen molar-refractivity contribution in [2.75, 3.05) is 26.2 Å². The van der Waals surface area contributed by atoms with Gasteiger partial charge in [-0.3, -0.25) is 14.5 Å². The molecule has 2 rings (SSSR count). The first-order chi connectivity index (χ1) is 9.06. The van der Waals surface area contributed by atoms with Gasteiger partial charge in [-0.2, -0.15) is 0 Å². The zero-order chi connectivity index (χ0) is 13.8. The molecule has 5 nitrogen and oxygen atoms in total. The highest BCUT2D eigenvalue weighted by molar-refractivity contribution is 5.92. The number of primary amides is 1. The van der Waals surface area contributed by atoms with Crippen molar-refractivity contribution in [2.45, 2.75) is 13.5 Å². The Hall–Kier alpha value is -1.88. The van der Waals surface area contributed by atoms with E-state index in [4.69, 9.17) is 5.73 Å². The van der Waals surface area contributed by atoms with Crippen LogP contribution in [0.4, 0.5) is 0 Å². The standard InChI is InChI=1S/C14H19N3O2/c1-11(18)17-8-6-16(7-9-17)10-12-2-4-13(5-3-12)14(15)19/h2-5H,6-10H2,1H3,(H2,15,19). The van der Waals surface area contributed by atoms with Gasteiger partial charge in [0.2, 0.25) is 11.8 Å². The Labute approximate surface area is 113 Å². The lowest BCUT2D eigenvalue weighted by Crippen LogP contribution is -2.47. The smallest absolute Gasteiger partial charge is 0.248 e. The van der Waals surface area contributed by atoms with Gasteiger partial charge in [0.25, 0.3) is 0 Å². The predicted molar refractivity (Wildman–Crippen MR) is 72.5 cm³/mol. The summed E-state index contributed by atoms with van der Waals surface area (Å²) in [4.78, 5) is 26.4. The fraction of sp³-hybridized carbons (Fsp3) is 0.429. The maximum absolute atomic E-state index is 11.2. The zero-order valence-corrected chi connectivity index (χ0v) is 11.1. The van der Waals surface area contributed by atoms with Gasteiger partial charge in [0.15, 0.2) is 0 Å². The first-order valence-electron chi connectivity index (χ1n) is 6.43. The molecule has 5 heteroatoms. The average molecular weight is 261 g/mol. The Bertz CT molecular complexity index is 462. The zero-order valence-electron chi connectivity index (χ0n) is 11.1. The molecular formula is C14H19N3O2. The second-order valence-corrected chi connectivity index (χ2v) is 4.84. The lowest BCUT2D eigenvalue weighted by Gasteiger charge is -2.34. The summed E-state index contributed by atoms with van der Waals surface area (Å²) >= 11 is 0. The van der Waals surface area contributed by atoms with Gasteiger partial charge in [-0.1, -0.05) is 12.1 Å². The second kappa shape index (κ2) is 5.84. The molecule has 1 heterocycles. The van der Waals surface area contributed by atoms with Crippen molar-refractivity contribution in [3.8, 4) is 0 Å². The van der Waals surface area contributed by atoms with Gasteiger partial charge in [0, 0.05) is 45.2 Å². The van der Waals surface area contributed by atoms with Crippen LogP contribution in [0.2, 0.25) is 0 Å². The summed E-state index contributed by atoms with van der Waals surface area (Å²) in [5, 5.41) is 0. The fourth-order valence-electron chi connectivity index (χ4n) is 2.25. The molecule has 102 valence electrons. The minimum Gasteiger partial charge on any atom is -0.366 e. The molecule has 0 bridgehead atoms. The third-order valence-corrected chi connectivity index (χ3v) is 3.46. The summed E-state index contributed by atoms with van der Waals surface area (Å²) < 4.78 is 0. The third-order valence-electron chi connectivity index (χ3n) is 3.46. The lowest BCUT2D eigenvalue weighted by atomic mass is 10.1. The van der Waals surface area contributed by atoms with Crippen molar-refractivity contribution < 1.29 is 9.59 Å². The molecule has 0 atom stereocenters. The van der Waals surface area contributed by atoms with E-state index in [1.165, 1.54) is 0 Å². The second-order valence-electron chi connectivity index (χ2n) is 4.84. The summed E-state index contributed by atoms with van der Waals surface area (Å²) in [5.74, 6) is -0.257. The van der Waals surface area contributed by atoms with Crippen LogP contribution >= 0.6 is 0 Å².